The number of aliphatic hydroxyl groups is 1. The molecule has 0 aliphatic carbocycles. The molecule has 0 fully saturated rings. The van der Waals surface area contributed by atoms with Gasteiger partial charge in [0, 0.05) is 24.8 Å². The average molecular weight is 375 g/mol. The maximum atomic E-state index is 10.1. The van der Waals surface area contributed by atoms with E-state index in [4.69, 9.17) is 20.7 Å². The zero-order chi connectivity index (χ0) is 20.9. The number of nitrogens with two attached hydrogens (primary N) is 3. The van der Waals surface area contributed by atoms with Gasteiger partial charge in [0.2, 0.25) is 0 Å². The fraction of sp³-hybridized carbons (Fsp3) is 0.750. The summed E-state index contributed by atoms with van der Waals surface area (Å²) in [6, 6.07) is 0. The van der Waals surface area contributed by atoms with E-state index >= 15 is 0 Å². The lowest BCUT2D eigenvalue weighted by Crippen LogP contribution is -2.79. The third-order valence-electron chi connectivity index (χ3n) is 1.80. The standard InChI is InChI=1S/C6H8O7.3C2H7NO/c7-3(8)1-6(13,5(11)12)2-4(9)10;3*1-2-3-4/h13H,1-2H2,(H,7,8)(H,9,10)(H,11,12);3*3-4H,2H2,1H3. The van der Waals surface area contributed by atoms with Crippen molar-refractivity contribution in [2.45, 2.75) is 39.2 Å². The van der Waals surface area contributed by atoms with Crippen molar-refractivity contribution in [2.24, 2.45) is 0 Å². The molecular weight excluding hydrogens is 346 g/mol. The van der Waals surface area contributed by atoms with Crippen LogP contribution in [0.25, 0.3) is 0 Å². The largest absolute Gasteiger partial charge is 0.550 e. The van der Waals surface area contributed by atoms with Crippen LogP contribution in [0, 0.1) is 0 Å². The van der Waals surface area contributed by atoms with Gasteiger partial charge in [-0.1, -0.05) is 0 Å². The minimum absolute atomic E-state index is 0.750. The average Bonchev–Trinajstić information content (AvgIpc) is 2.53. The zero-order valence-electron chi connectivity index (χ0n) is 14.5. The molecule has 0 aliphatic rings. The highest BCUT2D eigenvalue weighted by molar-refractivity contribution is 5.86. The van der Waals surface area contributed by atoms with Gasteiger partial charge in [-0.3, -0.25) is 0 Å². The number of rotatable bonds is 8. The number of hydrogen-bond donors (Lipinski definition) is 7. The van der Waals surface area contributed by atoms with Gasteiger partial charge in [-0.05, 0) is 20.8 Å². The lowest BCUT2D eigenvalue weighted by atomic mass is 9.96. The van der Waals surface area contributed by atoms with Crippen LogP contribution >= 0.6 is 0 Å². The Balaban J connectivity index is -0.000000150. The SMILES string of the molecule is CC[NH2+]O.CC[NH2+]O.CC[NH2+]O.O=C([O-])CC(O)(CC(=O)[O-])C(=O)[O-]. The van der Waals surface area contributed by atoms with Gasteiger partial charge in [0.25, 0.3) is 0 Å². The summed E-state index contributed by atoms with van der Waals surface area (Å²) < 4.78 is 0. The van der Waals surface area contributed by atoms with E-state index < -0.39 is 36.4 Å². The molecule has 0 saturated heterocycles. The van der Waals surface area contributed by atoms with Crippen molar-refractivity contribution >= 4 is 17.9 Å². The fourth-order valence-electron chi connectivity index (χ4n) is 0.684. The van der Waals surface area contributed by atoms with Crippen molar-refractivity contribution < 1.29 is 66.9 Å². The third kappa shape index (κ3) is 30.6. The van der Waals surface area contributed by atoms with Gasteiger partial charge in [0.15, 0.2) is 0 Å². The molecule has 0 bridgehead atoms. The molecule has 0 rings (SSSR count). The molecular formula is C12H29N3O10. The summed E-state index contributed by atoms with van der Waals surface area (Å²) >= 11 is 0. The van der Waals surface area contributed by atoms with E-state index in [9.17, 15) is 29.7 Å². The van der Waals surface area contributed by atoms with Gasteiger partial charge in [-0.15, -0.1) is 0 Å². The van der Waals surface area contributed by atoms with Crippen molar-refractivity contribution in [1.29, 1.82) is 0 Å². The van der Waals surface area contributed by atoms with Gasteiger partial charge in [0.05, 0.1) is 5.97 Å². The van der Waals surface area contributed by atoms with Crippen LogP contribution in [0.5, 0.6) is 0 Å². The van der Waals surface area contributed by atoms with E-state index in [0.717, 1.165) is 36.1 Å². The Morgan fingerprint density at radius 2 is 0.960 bits per heavy atom. The van der Waals surface area contributed by atoms with Crippen LogP contribution in [0.15, 0.2) is 0 Å². The van der Waals surface area contributed by atoms with E-state index in [1.165, 1.54) is 0 Å². The van der Waals surface area contributed by atoms with Crippen LogP contribution in [0.2, 0.25) is 0 Å². The maximum Gasteiger partial charge on any atom is 0.114 e. The number of quaternary nitrogens is 3. The molecule has 10 N–H and O–H groups in total. The highest BCUT2D eigenvalue weighted by Gasteiger charge is 2.29. The number of hydroxylamine groups is 3. The summed E-state index contributed by atoms with van der Waals surface area (Å²) in [4.78, 5) is 30.0. The van der Waals surface area contributed by atoms with Gasteiger partial charge < -0.3 is 34.8 Å². The number of carbonyl (C=O) groups is 3. The Hall–Kier alpha value is -1.87. The molecule has 13 nitrogen and oxygen atoms in total. The Morgan fingerprint density at radius 3 is 1.04 bits per heavy atom. The third-order valence-corrected chi connectivity index (χ3v) is 1.80. The summed E-state index contributed by atoms with van der Waals surface area (Å²) in [5.74, 6) is -5.98. The van der Waals surface area contributed by atoms with Crippen molar-refractivity contribution in [1.82, 2.24) is 0 Å². The molecule has 25 heavy (non-hydrogen) atoms. The summed E-state index contributed by atoms with van der Waals surface area (Å²) in [6.45, 7) is 7.88. The minimum atomic E-state index is -2.97. The zero-order valence-corrected chi connectivity index (χ0v) is 14.5. The van der Waals surface area contributed by atoms with Gasteiger partial charge in [-0.25, -0.2) is 32.1 Å². The predicted octanol–water partition coefficient (Wildman–Crippen LogP) is -8.38. The van der Waals surface area contributed by atoms with Crippen LogP contribution in [0.3, 0.4) is 0 Å². The van der Waals surface area contributed by atoms with Crippen molar-refractivity contribution in [3.63, 3.8) is 0 Å². The summed E-state index contributed by atoms with van der Waals surface area (Å²) in [6.07, 6.45) is -2.72. The van der Waals surface area contributed by atoms with Crippen molar-refractivity contribution in [3.05, 3.63) is 0 Å². The van der Waals surface area contributed by atoms with E-state index in [1.807, 2.05) is 20.8 Å². The van der Waals surface area contributed by atoms with Crippen LogP contribution in [0.4, 0.5) is 0 Å². The Morgan fingerprint density at radius 1 is 0.760 bits per heavy atom. The van der Waals surface area contributed by atoms with E-state index in [1.54, 1.807) is 0 Å². The molecule has 0 spiro atoms. The van der Waals surface area contributed by atoms with Crippen LogP contribution in [-0.2, 0) is 14.4 Å². The Labute approximate surface area is 144 Å². The first-order valence-electron chi connectivity index (χ1n) is 7.23. The lowest BCUT2D eigenvalue weighted by molar-refractivity contribution is -0.884. The number of carbonyl (C=O) groups excluding carboxylic acids is 3. The van der Waals surface area contributed by atoms with Crippen LogP contribution < -0.4 is 31.8 Å². The molecule has 0 saturated carbocycles. The van der Waals surface area contributed by atoms with Crippen LogP contribution in [0.1, 0.15) is 33.6 Å². The molecule has 0 aromatic carbocycles. The highest BCUT2D eigenvalue weighted by atomic mass is 16.5. The monoisotopic (exact) mass is 375 g/mol. The van der Waals surface area contributed by atoms with Crippen LogP contribution in [-0.4, -0.2) is 63.9 Å². The van der Waals surface area contributed by atoms with Crippen molar-refractivity contribution in [3.8, 4) is 0 Å². The van der Waals surface area contributed by atoms with E-state index in [-0.39, 0.29) is 0 Å². The molecule has 0 unspecified atom stereocenters. The normalized spacial score (nSPS) is 9.24. The second-order valence-electron chi connectivity index (χ2n) is 4.19. The number of carboxylic acids is 3. The number of carboxylic acid groups (broad SMARTS) is 3. The minimum Gasteiger partial charge on any atom is -0.550 e. The summed E-state index contributed by atoms with van der Waals surface area (Å²) in [7, 11) is 0. The molecule has 0 heterocycles. The van der Waals surface area contributed by atoms with E-state index in [2.05, 4.69) is 0 Å². The lowest BCUT2D eigenvalue weighted by Gasteiger charge is -2.29. The molecule has 0 aliphatic heterocycles. The molecule has 152 valence electrons. The van der Waals surface area contributed by atoms with Gasteiger partial charge in [0.1, 0.15) is 25.2 Å². The number of aliphatic carboxylic acids is 3. The van der Waals surface area contributed by atoms with Gasteiger partial charge in [-0.2, -0.15) is 0 Å². The first-order chi connectivity index (χ1) is 11.5. The summed E-state index contributed by atoms with van der Waals surface area (Å²) in [5.41, 5.74) is 0.400. The first kappa shape index (κ1) is 31.0. The first-order valence-corrected chi connectivity index (χ1v) is 7.23. The van der Waals surface area contributed by atoms with E-state index in [0.29, 0.717) is 0 Å². The molecule has 0 atom stereocenters. The second-order valence-corrected chi connectivity index (χ2v) is 4.19. The molecule has 0 aromatic heterocycles. The quantitative estimate of drug-likeness (QED) is 0.197. The number of hydrogen-bond acceptors (Lipinski definition) is 10. The molecule has 0 radical (unpaired) electrons. The molecule has 13 heteroatoms. The topological polar surface area (TPSA) is 251 Å². The van der Waals surface area contributed by atoms with Gasteiger partial charge >= 0.3 is 0 Å². The summed E-state index contributed by atoms with van der Waals surface area (Å²) in [5, 5.41) is 62.2. The molecule has 0 aromatic rings. The maximum absolute atomic E-state index is 10.1. The second kappa shape index (κ2) is 22.1. The predicted molar refractivity (Wildman–Crippen MR) is 72.0 cm³/mol. The Kier molecular flexibility index (Phi) is 27.4. The highest BCUT2D eigenvalue weighted by Crippen LogP contribution is 2.13. The smallest absolute Gasteiger partial charge is 0.114 e. The Bertz CT molecular complexity index is 310. The molecule has 0 amide bonds. The van der Waals surface area contributed by atoms with Crippen molar-refractivity contribution in [2.75, 3.05) is 19.6 Å². The fourth-order valence-corrected chi connectivity index (χ4v) is 0.684.